The van der Waals surface area contributed by atoms with Crippen molar-refractivity contribution in [3.8, 4) is 11.3 Å². The first-order valence-corrected chi connectivity index (χ1v) is 6.26. The van der Waals surface area contributed by atoms with Crippen molar-refractivity contribution in [2.45, 2.75) is 18.8 Å². The zero-order valence-electron chi connectivity index (χ0n) is 10.6. The van der Waals surface area contributed by atoms with Crippen molar-refractivity contribution in [1.82, 2.24) is 4.98 Å². The largest absolute Gasteiger partial charge is 0.465 e. The molecule has 0 saturated heterocycles. The molecule has 1 heterocycles. The molecule has 1 aromatic heterocycles. The van der Waals surface area contributed by atoms with Gasteiger partial charge >= 0.3 is 5.97 Å². The summed E-state index contributed by atoms with van der Waals surface area (Å²) in [6, 6.07) is 6.28. The number of nitrogens with one attached hydrogen (secondary N) is 1. The summed E-state index contributed by atoms with van der Waals surface area (Å²) < 4.78 is 17.8. The lowest BCUT2D eigenvalue weighted by molar-refractivity contribution is 0.0600. The first kappa shape index (κ1) is 12.0. The van der Waals surface area contributed by atoms with Gasteiger partial charge in [0.25, 0.3) is 0 Å². The number of esters is 1. The molecule has 0 unspecified atom stereocenters. The van der Waals surface area contributed by atoms with Gasteiger partial charge in [-0.2, -0.15) is 0 Å². The average molecular weight is 259 g/mol. The van der Waals surface area contributed by atoms with Crippen molar-refractivity contribution in [3.05, 3.63) is 47.4 Å². The van der Waals surface area contributed by atoms with Crippen LogP contribution >= 0.6 is 0 Å². The van der Waals surface area contributed by atoms with E-state index in [4.69, 9.17) is 4.74 Å². The van der Waals surface area contributed by atoms with Crippen molar-refractivity contribution in [1.29, 1.82) is 0 Å². The first-order valence-electron chi connectivity index (χ1n) is 6.26. The Hall–Kier alpha value is -2.10. The van der Waals surface area contributed by atoms with Gasteiger partial charge in [-0.3, -0.25) is 0 Å². The van der Waals surface area contributed by atoms with E-state index in [9.17, 15) is 9.18 Å². The number of carbonyl (C=O) groups excluding carboxylic acids is 1. The Kier molecular flexibility index (Phi) is 2.85. The van der Waals surface area contributed by atoms with Crippen LogP contribution in [0.1, 0.15) is 34.7 Å². The molecule has 3 nitrogen and oxygen atoms in total. The molecule has 0 radical (unpaired) electrons. The third-order valence-electron chi connectivity index (χ3n) is 3.44. The molecule has 19 heavy (non-hydrogen) atoms. The highest BCUT2D eigenvalue weighted by Crippen LogP contribution is 2.46. The van der Waals surface area contributed by atoms with E-state index in [2.05, 4.69) is 4.98 Å². The molecule has 0 atom stereocenters. The number of hydrogen-bond acceptors (Lipinski definition) is 2. The molecule has 0 spiro atoms. The van der Waals surface area contributed by atoms with Crippen molar-refractivity contribution >= 4 is 5.97 Å². The van der Waals surface area contributed by atoms with E-state index in [1.165, 1.54) is 19.2 Å². The summed E-state index contributed by atoms with van der Waals surface area (Å²) in [6.07, 6.45) is 3.84. The molecule has 1 fully saturated rings. The Bertz CT molecular complexity index is 612. The fourth-order valence-corrected chi connectivity index (χ4v) is 2.36. The standard InChI is InChI=1S/C15H14FNO2/c1-19-15(18)12-8-17-14(13(12)9-2-3-9)10-4-6-11(16)7-5-10/h4-9,17H,2-3H2,1H3. The molecule has 4 heteroatoms. The van der Waals surface area contributed by atoms with Crippen LogP contribution in [0.5, 0.6) is 0 Å². The second-order valence-corrected chi connectivity index (χ2v) is 4.76. The van der Waals surface area contributed by atoms with Crippen LogP contribution in [0, 0.1) is 5.82 Å². The molecular formula is C15H14FNO2. The summed E-state index contributed by atoms with van der Waals surface area (Å²) in [5, 5.41) is 0. The van der Waals surface area contributed by atoms with Crippen LogP contribution in [-0.2, 0) is 4.74 Å². The van der Waals surface area contributed by atoms with Gasteiger partial charge in [0, 0.05) is 11.9 Å². The van der Waals surface area contributed by atoms with Gasteiger partial charge in [-0.25, -0.2) is 9.18 Å². The maximum Gasteiger partial charge on any atom is 0.339 e. The van der Waals surface area contributed by atoms with Crippen molar-refractivity contribution in [2.24, 2.45) is 0 Å². The van der Waals surface area contributed by atoms with E-state index in [0.29, 0.717) is 11.5 Å². The predicted molar refractivity (Wildman–Crippen MR) is 69.5 cm³/mol. The zero-order valence-corrected chi connectivity index (χ0v) is 10.6. The lowest BCUT2D eigenvalue weighted by Gasteiger charge is -2.05. The molecule has 1 aromatic carbocycles. The predicted octanol–water partition coefficient (Wildman–Crippen LogP) is 3.48. The smallest absolute Gasteiger partial charge is 0.339 e. The minimum Gasteiger partial charge on any atom is -0.465 e. The van der Waals surface area contributed by atoms with Gasteiger partial charge < -0.3 is 9.72 Å². The third kappa shape index (κ3) is 2.14. The van der Waals surface area contributed by atoms with E-state index in [-0.39, 0.29) is 11.8 Å². The number of carbonyl (C=O) groups is 1. The molecule has 2 aromatic rings. The Morgan fingerprint density at radius 3 is 2.58 bits per heavy atom. The fourth-order valence-electron chi connectivity index (χ4n) is 2.36. The number of methoxy groups -OCH3 is 1. The van der Waals surface area contributed by atoms with E-state index >= 15 is 0 Å². The molecule has 1 saturated carbocycles. The molecule has 1 aliphatic rings. The van der Waals surface area contributed by atoms with Crippen LogP contribution < -0.4 is 0 Å². The van der Waals surface area contributed by atoms with Gasteiger partial charge in [-0.15, -0.1) is 0 Å². The molecule has 3 rings (SSSR count). The van der Waals surface area contributed by atoms with E-state index in [0.717, 1.165) is 29.7 Å². The second kappa shape index (κ2) is 4.53. The number of benzene rings is 1. The summed E-state index contributed by atoms with van der Waals surface area (Å²) in [7, 11) is 1.38. The van der Waals surface area contributed by atoms with Gasteiger partial charge in [0.1, 0.15) is 5.82 Å². The third-order valence-corrected chi connectivity index (χ3v) is 3.44. The average Bonchev–Trinajstić information content (AvgIpc) is 3.18. The highest BCUT2D eigenvalue weighted by molar-refractivity contribution is 5.94. The lowest BCUT2D eigenvalue weighted by Crippen LogP contribution is -2.02. The summed E-state index contributed by atoms with van der Waals surface area (Å²) in [6.45, 7) is 0. The van der Waals surface area contributed by atoms with E-state index in [1.54, 1.807) is 18.3 Å². The number of rotatable bonds is 3. The minimum atomic E-state index is -0.327. The zero-order chi connectivity index (χ0) is 13.4. The van der Waals surface area contributed by atoms with Crippen molar-refractivity contribution < 1.29 is 13.9 Å². The van der Waals surface area contributed by atoms with E-state index < -0.39 is 0 Å². The number of ether oxygens (including phenoxy) is 1. The summed E-state index contributed by atoms with van der Waals surface area (Å²) in [5.41, 5.74) is 3.36. The summed E-state index contributed by atoms with van der Waals surface area (Å²) >= 11 is 0. The van der Waals surface area contributed by atoms with Crippen LogP contribution in [0.4, 0.5) is 4.39 Å². The van der Waals surface area contributed by atoms with Gasteiger partial charge in [-0.1, -0.05) is 0 Å². The normalized spacial score (nSPS) is 14.4. The number of aromatic nitrogens is 1. The summed E-state index contributed by atoms with van der Waals surface area (Å²) in [4.78, 5) is 14.9. The minimum absolute atomic E-state index is 0.267. The van der Waals surface area contributed by atoms with Crippen molar-refractivity contribution in [2.75, 3.05) is 7.11 Å². The number of hydrogen-bond donors (Lipinski definition) is 1. The van der Waals surface area contributed by atoms with Crippen LogP contribution in [0.25, 0.3) is 11.3 Å². The second-order valence-electron chi connectivity index (χ2n) is 4.76. The highest BCUT2D eigenvalue weighted by atomic mass is 19.1. The van der Waals surface area contributed by atoms with Crippen LogP contribution in [-0.4, -0.2) is 18.1 Å². The maximum atomic E-state index is 13.0. The highest BCUT2D eigenvalue weighted by Gasteiger charge is 2.32. The topological polar surface area (TPSA) is 42.1 Å². The molecule has 0 bridgehead atoms. The molecule has 98 valence electrons. The van der Waals surface area contributed by atoms with Crippen molar-refractivity contribution in [3.63, 3.8) is 0 Å². The number of H-pyrrole nitrogens is 1. The van der Waals surface area contributed by atoms with Crippen LogP contribution in [0.15, 0.2) is 30.5 Å². The SMILES string of the molecule is COC(=O)c1c[nH]c(-c2ccc(F)cc2)c1C1CC1. The quantitative estimate of drug-likeness (QED) is 0.857. The maximum absolute atomic E-state index is 13.0. The Labute approximate surface area is 110 Å². The Balaban J connectivity index is 2.08. The van der Waals surface area contributed by atoms with Gasteiger partial charge in [0.15, 0.2) is 0 Å². The van der Waals surface area contributed by atoms with E-state index in [1.807, 2.05) is 0 Å². The first-order chi connectivity index (χ1) is 9.20. The molecule has 1 N–H and O–H groups in total. The van der Waals surface area contributed by atoms with Gasteiger partial charge in [0.05, 0.1) is 12.7 Å². The molecule has 0 amide bonds. The van der Waals surface area contributed by atoms with Gasteiger partial charge in [0.2, 0.25) is 0 Å². The Morgan fingerprint density at radius 2 is 2.00 bits per heavy atom. The summed E-state index contributed by atoms with van der Waals surface area (Å²) in [5.74, 6) is -0.191. The fraction of sp³-hybridized carbons (Fsp3) is 0.267. The molecular weight excluding hydrogens is 245 g/mol. The monoisotopic (exact) mass is 259 g/mol. The van der Waals surface area contributed by atoms with Crippen LogP contribution in [0.2, 0.25) is 0 Å². The molecule has 1 aliphatic carbocycles. The van der Waals surface area contributed by atoms with Crippen LogP contribution in [0.3, 0.4) is 0 Å². The van der Waals surface area contributed by atoms with Gasteiger partial charge in [-0.05, 0) is 54.2 Å². The molecule has 0 aliphatic heterocycles. The Morgan fingerprint density at radius 1 is 1.32 bits per heavy atom. The number of halogens is 1. The number of aromatic amines is 1. The lowest BCUT2D eigenvalue weighted by atomic mass is 10.0.